The molecule has 0 saturated heterocycles. The smallest absolute Gasteiger partial charge is 0.252 e. The maximum atomic E-state index is 12.8. The number of nitrogens with zero attached hydrogens (tertiary/aromatic N) is 5. The first-order valence-corrected chi connectivity index (χ1v) is 10.1. The highest BCUT2D eigenvalue weighted by Crippen LogP contribution is 2.27. The van der Waals surface area contributed by atoms with E-state index >= 15 is 0 Å². The van der Waals surface area contributed by atoms with Crippen LogP contribution in [-0.4, -0.2) is 38.2 Å². The molecule has 4 aromatic rings. The van der Waals surface area contributed by atoms with Crippen LogP contribution in [0.2, 0.25) is 0 Å². The van der Waals surface area contributed by atoms with Crippen LogP contribution >= 0.6 is 11.3 Å². The molecule has 0 aromatic carbocycles. The largest absolute Gasteiger partial charge is 0.299 e. The minimum Gasteiger partial charge on any atom is -0.299 e. The van der Waals surface area contributed by atoms with Gasteiger partial charge in [0.1, 0.15) is 0 Å². The summed E-state index contributed by atoms with van der Waals surface area (Å²) in [6.07, 6.45) is 7.44. The molecule has 144 valence electrons. The summed E-state index contributed by atoms with van der Waals surface area (Å²) in [7, 11) is 3.98. The lowest BCUT2D eigenvalue weighted by Gasteiger charge is -2.29. The van der Waals surface area contributed by atoms with Gasteiger partial charge in [0.15, 0.2) is 5.65 Å². The van der Waals surface area contributed by atoms with Crippen LogP contribution < -0.4 is 5.56 Å². The van der Waals surface area contributed by atoms with E-state index in [1.807, 2.05) is 44.1 Å². The highest BCUT2D eigenvalue weighted by molar-refractivity contribution is 7.08. The van der Waals surface area contributed by atoms with E-state index in [1.165, 1.54) is 0 Å². The SMILES string of the molecule is CC(C)C(N(C)C)n1ccc(-c2cnc3c(-c4ccsc4)cnn3c2)cc1=O. The van der Waals surface area contributed by atoms with Crippen molar-refractivity contribution >= 4 is 17.0 Å². The van der Waals surface area contributed by atoms with Crippen LogP contribution in [0.4, 0.5) is 0 Å². The van der Waals surface area contributed by atoms with Crippen molar-refractivity contribution in [1.82, 2.24) is 24.1 Å². The second-order valence-corrected chi connectivity index (χ2v) is 8.24. The number of fused-ring (bicyclic) bond motifs is 1. The Morgan fingerprint density at radius 3 is 2.57 bits per heavy atom. The van der Waals surface area contributed by atoms with E-state index in [-0.39, 0.29) is 11.7 Å². The van der Waals surface area contributed by atoms with E-state index < -0.39 is 0 Å². The van der Waals surface area contributed by atoms with Gasteiger partial charge in [-0.2, -0.15) is 16.4 Å². The molecule has 4 heterocycles. The first-order chi connectivity index (χ1) is 13.5. The lowest BCUT2D eigenvalue weighted by Crippen LogP contribution is -2.36. The number of rotatable bonds is 5. The third-order valence-corrected chi connectivity index (χ3v) is 5.56. The normalized spacial score (nSPS) is 12.9. The second kappa shape index (κ2) is 7.33. The van der Waals surface area contributed by atoms with Crippen LogP contribution in [0.25, 0.3) is 27.9 Å². The Morgan fingerprint density at radius 1 is 1.11 bits per heavy atom. The molecule has 0 fully saturated rings. The molecule has 7 heteroatoms. The molecule has 0 spiro atoms. The molecule has 6 nitrogen and oxygen atoms in total. The molecule has 0 aliphatic heterocycles. The Morgan fingerprint density at radius 2 is 1.93 bits per heavy atom. The monoisotopic (exact) mass is 393 g/mol. The van der Waals surface area contributed by atoms with Gasteiger partial charge in [-0.25, -0.2) is 9.50 Å². The molecule has 0 saturated carbocycles. The number of aromatic nitrogens is 4. The first-order valence-electron chi connectivity index (χ1n) is 9.20. The molecule has 0 radical (unpaired) electrons. The molecular formula is C21H23N5OS. The Balaban J connectivity index is 1.72. The zero-order valence-corrected chi connectivity index (χ0v) is 17.2. The predicted octanol–water partition coefficient (Wildman–Crippen LogP) is 4.00. The summed E-state index contributed by atoms with van der Waals surface area (Å²) in [5, 5.41) is 8.57. The Labute approximate surface area is 167 Å². The maximum Gasteiger partial charge on any atom is 0.252 e. The number of pyridine rings is 1. The standard InChI is InChI=1S/C21H23N5OS/c1-14(2)21(24(3)4)25-7-5-15(9-19(25)27)17-10-22-20-18(11-23-26(20)12-17)16-6-8-28-13-16/h5-14,21H,1-4H3. The lowest BCUT2D eigenvalue weighted by atomic mass is 10.1. The Kier molecular flexibility index (Phi) is 4.87. The summed E-state index contributed by atoms with van der Waals surface area (Å²) in [6.45, 7) is 4.23. The van der Waals surface area contributed by atoms with Gasteiger partial charge in [0.05, 0.1) is 12.4 Å². The van der Waals surface area contributed by atoms with Crippen molar-refractivity contribution in [1.29, 1.82) is 0 Å². The first kappa shape index (κ1) is 18.6. The highest BCUT2D eigenvalue weighted by atomic mass is 32.1. The van der Waals surface area contributed by atoms with Gasteiger partial charge < -0.3 is 0 Å². The van der Waals surface area contributed by atoms with E-state index in [4.69, 9.17) is 0 Å². The van der Waals surface area contributed by atoms with E-state index in [0.717, 1.165) is 27.9 Å². The molecular weight excluding hydrogens is 370 g/mol. The summed E-state index contributed by atoms with van der Waals surface area (Å²) < 4.78 is 3.55. The van der Waals surface area contributed by atoms with Crippen molar-refractivity contribution in [3.05, 3.63) is 64.1 Å². The van der Waals surface area contributed by atoms with Crippen LogP contribution in [-0.2, 0) is 0 Å². The van der Waals surface area contributed by atoms with Gasteiger partial charge in [0.2, 0.25) is 0 Å². The highest BCUT2D eigenvalue weighted by Gasteiger charge is 2.19. The van der Waals surface area contributed by atoms with Crippen LogP contribution in [0, 0.1) is 5.92 Å². The van der Waals surface area contributed by atoms with Gasteiger partial charge in [-0.3, -0.25) is 14.3 Å². The van der Waals surface area contributed by atoms with Gasteiger partial charge in [0.25, 0.3) is 5.56 Å². The zero-order valence-electron chi connectivity index (χ0n) is 16.4. The zero-order chi connectivity index (χ0) is 19.8. The van der Waals surface area contributed by atoms with E-state index in [2.05, 4.69) is 40.3 Å². The Hall–Kier alpha value is -2.77. The maximum absolute atomic E-state index is 12.8. The van der Waals surface area contributed by atoms with Crippen molar-refractivity contribution < 1.29 is 0 Å². The summed E-state index contributed by atoms with van der Waals surface area (Å²) in [4.78, 5) is 19.5. The van der Waals surface area contributed by atoms with Crippen molar-refractivity contribution in [2.24, 2.45) is 5.92 Å². The molecule has 0 amide bonds. The van der Waals surface area contributed by atoms with Crippen LogP contribution in [0.3, 0.4) is 0 Å². The van der Waals surface area contributed by atoms with E-state index in [0.29, 0.717) is 5.92 Å². The van der Waals surface area contributed by atoms with E-state index in [1.54, 1.807) is 32.7 Å². The molecule has 4 aromatic heterocycles. The summed E-state index contributed by atoms with van der Waals surface area (Å²) in [5.74, 6) is 0.316. The van der Waals surface area contributed by atoms with Crippen molar-refractivity contribution in [3.63, 3.8) is 0 Å². The van der Waals surface area contributed by atoms with Gasteiger partial charge >= 0.3 is 0 Å². The van der Waals surface area contributed by atoms with Crippen LogP contribution in [0.1, 0.15) is 20.0 Å². The molecule has 4 rings (SSSR count). The fourth-order valence-corrected chi connectivity index (χ4v) is 4.36. The molecule has 0 bridgehead atoms. The summed E-state index contributed by atoms with van der Waals surface area (Å²) in [6, 6.07) is 5.70. The van der Waals surface area contributed by atoms with Gasteiger partial charge in [-0.15, -0.1) is 0 Å². The molecule has 1 unspecified atom stereocenters. The van der Waals surface area contributed by atoms with Crippen LogP contribution in [0.15, 0.2) is 58.5 Å². The molecule has 0 aliphatic rings. The minimum atomic E-state index is -0.0237. The summed E-state index contributed by atoms with van der Waals surface area (Å²) in [5.41, 5.74) is 4.61. The van der Waals surface area contributed by atoms with Crippen molar-refractivity contribution in [2.45, 2.75) is 20.0 Å². The second-order valence-electron chi connectivity index (χ2n) is 7.46. The lowest BCUT2D eigenvalue weighted by molar-refractivity contribution is 0.154. The number of hydrogen-bond donors (Lipinski definition) is 0. The topological polar surface area (TPSA) is 55.4 Å². The van der Waals surface area contributed by atoms with Gasteiger partial charge in [-0.05, 0) is 54.0 Å². The van der Waals surface area contributed by atoms with Gasteiger partial charge in [-0.1, -0.05) is 13.8 Å². The molecule has 0 aliphatic carbocycles. The van der Waals surface area contributed by atoms with Gasteiger partial charge in [0, 0.05) is 35.8 Å². The van der Waals surface area contributed by atoms with Crippen molar-refractivity contribution in [2.75, 3.05) is 14.1 Å². The molecule has 28 heavy (non-hydrogen) atoms. The molecule has 1 atom stereocenters. The van der Waals surface area contributed by atoms with E-state index in [9.17, 15) is 4.79 Å². The summed E-state index contributed by atoms with van der Waals surface area (Å²) >= 11 is 1.65. The van der Waals surface area contributed by atoms with Crippen LogP contribution in [0.5, 0.6) is 0 Å². The Bertz CT molecular complexity index is 1150. The average molecular weight is 394 g/mol. The predicted molar refractivity (Wildman–Crippen MR) is 114 cm³/mol. The number of thiophene rings is 1. The quantitative estimate of drug-likeness (QED) is 0.514. The third kappa shape index (κ3) is 3.27. The minimum absolute atomic E-state index is 0.0152. The molecule has 0 N–H and O–H groups in total. The average Bonchev–Trinajstić information content (AvgIpc) is 3.31. The number of hydrogen-bond acceptors (Lipinski definition) is 5. The fraction of sp³-hybridized carbons (Fsp3) is 0.286. The fourth-order valence-electron chi connectivity index (χ4n) is 3.70. The van der Waals surface area contributed by atoms with Crippen molar-refractivity contribution in [3.8, 4) is 22.3 Å². The third-order valence-electron chi connectivity index (χ3n) is 4.88.